The molecule has 0 aromatic heterocycles. The molecule has 2 aliphatic rings. The molecule has 1 fully saturated rings. The van der Waals surface area contributed by atoms with Gasteiger partial charge >= 0.3 is 0 Å². The first-order valence-electron chi connectivity index (χ1n) is 9.09. The predicted octanol–water partition coefficient (Wildman–Crippen LogP) is 5.62. The van der Waals surface area contributed by atoms with Crippen LogP contribution in [0.15, 0.2) is 53.0 Å². The summed E-state index contributed by atoms with van der Waals surface area (Å²) < 4.78 is 1.19. The summed E-state index contributed by atoms with van der Waals surface area (Å²) in [5, 5.41) is 7.75. The summed E-state index contributed by atoms with van der Waals surface area (Å²) in [4.78, 5) is 0. The molecule has 3 unspecified atom stereocenters. The van der Waals surface area contributed by atoms with E-state index in [1.807, 2.05) is 0 Å². The molecule has 1 aliphatic heterocycles. The number of anilines is 1. The van der Waals surface area contributed by atoms with Gasteiger partial charge in [-0.2, -0.15) is 0 Å². The second-order valence-electron chi connectivity index (χ2n) is 7.20. The maximum Gasteiger partial charge on any atom is 0.0484 e. The van der Waals surface area contributed by atoms with E-state index in [9.17, 15) is 0 Å². The van der Waals surface area contributed by atoms with E-state index in [1.54, 1.807) is 0 Å². The Morgan fingerprint density at radius 3 is 2.71 bits per heavy atom. The van der Waals surface area contributed by atoms with Crippen molar-refractivity contribution in [1.29, 1.82) is 0 Å². The van der Waals surface area contributed by atoms with Gasteiger partial charge in [-0.15, -0.1) is 0 Å². The Morgan fingerprint density at radius 2 is 1.88 bits per heavy atom. The van der Waals surface area contributed by atoms with E-state index in [2.05, 4.69) is 82.0 Å². The van der Waals surface area contributed by atoms with E-state index in [4.69, 9.17) is 0 Å². The number of hydrogen-bond acceptors (Lipinski definition) is 2. The number of halogens is 1. The van der Waals surface area contributed by atoms with Crippen molar-refractivity contribution < 1.29 is 0 Å². The van der Waals surface area contributed by atoms with Gasteiger partial charge in [0.2, 0.25) is 0 Å². The minimum Gasteiger partial charge on any atom is -0.380 e. The third-order valence-electron chi connectivity index (χ3n) is 5.65. The molecule has 0 saturated heterocycles. The summed E-state index contributed by atoms with van der Waals surface area (Å²) in [7, 11) is 0. The van der Waals surface area contributed by atoms with E-state index < -0.39 is 0 Å². The number of rotatable bonds is 3. The van der Waals surface area contributed by atoms with Crippen LogP contribution in [0.25, 0.3) is 0 Å². The molecule has 4 rings (SSSR count). The first-order valence-corrected chi connectivity index (χ1v) is 9.88. The standard InChI is InChI=1S/C21H25BrN2/c1-14(15-7-3-2-4-8-15)23-20-10-6-5-9-17-18-13-16(22)11-12-19(18)24-21(17)20/h2-4,7-8,11-14,17,20-21,23-24H,5-6,9-10H2,1H3/t14-,17?,20?,21?/m1/s1. The van der Waals surface area contributed by atoms with Gasteiger partial charge in [0.25, 0.3) is 0 Å². The monoisotopic (exact) mass is 384 g/mol. The van der Waals surface area contributed by atoms with Gasteiger partial charge in [0, 0.05) is 34.2 Å². The van der Waals surface area contributed by atoms with Crippen molar-refractivity contribution in [2.24, 2.45) is 0 Å². The van der Waals surface area contributed by atoms with Crippen molar-refractivity contribution in [3.8, 4) is 0 Å². The fraction of sp³-hybridized carbons (Fsp3) is 0.429. The summed E-state index contributed by atoms with van der Waals surface area (Å²) in [6, 6.07) is 18.9. The van der Waals surface area contributed by atoms with Gasteiger partial charge in [-0.3, -0.25) is 0 Å². The maximum atomic E-state index is 3.92. The lowest BCUT2D eigenvalue weighted by molar-refractivity contribution is 0.378. The Kier molecular flexibility index (Phi) is 4.64. The zero-order valence-electron chi connectivity index (χ0n) is 14.1. The molecular weight excluding hydrogens is 360 g/mol. The molecule has 0 spiro atoms. The Labute approximate surface area is 153 Å². The highest BCUT2D eigenvalue weighted by Crippen LogP contribution is 2.44. The van der Waals surface area contributed by atoms with Crippen LogP contribution in [-0.4, -0.2) is 12.1 Å². The van der Waals surface area contributed by atoms with Crippen molar-refractivity contribution in [1.82, 2.24) is 5.32 Å². The fourth-order valence-electron chi connectivity index (χ4n) is 4.42. The molecule has 1 aliphatic carbocycles. The van der Waals surface area contributed by atoms with E-state index in [-0.39, 0.29) is 0 Å². The molecule has 0 bridgehead atoms. The lowest BCUT2D eigenvalue weighted by Gasteiger charge is -2.30. The second kappa shape index (κ2) is 6.89. The third-order valence-corrected chi connectivity index (χ3v) is 6.14. The van der Waals surface area contributed by atoms with E-state index in [0.29, 0.717) is 24.0 Å². The maximum absolute atomic E-state index is 3.92. The Bertz CT molecular complexity index is 700. The van der Waals surface area contributed by atoms with Crippen LogP contribution in [0, 0.1) is 0 Å². The van der Waals surface area contributed by atoms with Crippen LogP contribution in [0.1, 0.15) is 55.7 Å². The summed E-state index contributed by atoms with van der Waals surface area (Å²) in [6.45, 7) is 2.29. The van der Waals surface area contributed by atoms with Gasteiger partial charge in [0.1, 0.15) is 0 Å². The molecule has 0 radical (unpaired) electrons. The number of fused-ring (bicyclic) bond motifs is 3. The van der Waals surface area contributed by atoms with Gasteiger partial charge in [-0.1, -0.05) is 59.1 Å². The van der Waals surface area contributed by atoms with Crippen molar-refractivity contribution >= 4 is 21.6 Å². The van der Waals surface area contributed by atoms with Crippen LogP contribution in [0.3, 0.4) is 0 Å². The van der Waals surface area contributed by atoms with Crippen LogP contribution in [0.5, 0.6) is 0 Å². The molecule has 1 saturated carbocycles. The second-order valence-corrected chi connectivity index (χ2v) is 8.11. The first kappa shape index (κ1) is 16.2. The predicted molar refractivity (Wildman–Crippen MR) is 105 cm³/mol. The van der Waals surface area contributed by atoms with Gasteiger partial charge in [-0.05, 0) is 49.1 Å². The van der Waals surface area contributed by atoms with E-state index >= 15 is 0 Å². The zero-order valence-corrected chi connectivity index (χ0v) is 15.7. The number of benzene rings is 2. The van der Waals surface area contributed by atoms with E-state index in [1.165, 1.54) is 47.0 Å². The minimum absolute atomic E-state index is 0.382. The summed E-state index contributed by atoms with van der Waals surface area (Å²) in [5.74, 6) is 0.625. The van der Waals surface area contributed by atoms with Crippen molar-refractivity contribution in [3.63, 3.8) is 0 Å². The topological polar surface area (TPSA) is 24.1 Å². The average molecular weight is 385 g/mol. The first-order chi connectivity index (χ1) is 11.7. The quantitative estimate of drug-likeness (QED) is 0.717. The zero-order chi connectivity index (χ0) is 16.5. The molecule has 2 nitrogen and oxygen atoms in total. The lowest BCUT2D eigenvalue weighted by atomic mass is 9.88. The molecule has 1 heterocycles. The van der Waals surface area contributed by atoms with Crippen LogP contribution < -0.4 is 10.6 Å². The summed E-state index contributed by atoms with van der Waals surface area (Å²) in [6.07, 6.45) is 5.18. The van der Waals surface area contributed by atoms with Gasteiger partial charge in [-0.25, -0.2) is 0 Å². The van der Waals surface area contributed by atoms with E-state index in [0.717, 1.165) is 0 Å². The highest BCUT2D eigenvalue weighted by molar-refractivity contribution is 9.10. The average Bonchev–Trinajstić information content (AvgIpc) is 2.84. The minimum atomic E-state index is 0.382. The fourth-order valence-corrected chi connectivity index (χ4v) is 4.79. The largest absolute Gasteiger partial charge is 0.380 e. The molecule has 3 heteroatoms. The molecular formula is C21H25BrN2. The number of nitrogens with one attached hydrogen (secondary N) is 2. The van der Waals surface area contributed by atoms with Crippen molar-refractivity contribution in [2.75, 3.05) is 5.32 Å². The van der Waals surface area contributed by atoms with Crippen LogP contribution in [-0.2, 0) is 0 Å². The highest BCUT2D eigenvalue weighted by atomic mass is 79.9. The van der Waals surface area contributed by atoms with Gasteiger partial charge < -0.3 is 10.6 Å². The Hall–Kier alpha value is -1.32. The van der Waals surface area contributed by atoms with Gasteiger partial charge in [0.15, 0.2) is 0 Å². The molecule has 0 amide bonds. The van der Waals surface area contributed by atoms with Crippen molar-refractivity contribution in [3.05, 3.63) is 64.1 Å². The Morgan fingerprint density at radius 1 is 1.08 bits per heavy atom. The van der Waals surface area contributed by atoms with Crippen LogP contribution in [0.4, 0.5) is 5.69 Å². The molecule has 4 atom stereocenters. The smallest absolute Gasteiger partial charge is 0.0484 e. The van der Waals surface area contributed by atoms with Gasteiger partial charge in [0.05, 0.1) is 0 Å². The molecule has 2 aromatic rings. The molecule has 126 valence electrons. The SMILES string of the molecule is C[C@@H](NC1CCCCC2c3cc(Br)ccc3NC12)c1ccccc1. The van der Waals surface area contributed by atoms with Crippen LogP contribution >= 0.6 is 15.9 Å². The summed E-state index contributed by atoms with van der Waals surface area (Å²) >= 11 is 3.64. The third kappa shape index (κ3) is 3.12. The Balaban J connectivity index is 1.56. The molecule has 2 aromatic carbocycles. The van der Waals surface area contributed by atoms with Crippen molar-refractivity contribution in [2.45, 2.75) is 56.7 Å². The van der Waals surface area contributed by atoms with Crippen LogP contribution in [0.2, 0.25) is 0 Å². The molecule has 24 heavy (non-hydrogen) atoms. The molecule has 2 N–H and O–H groups in total. The highest BCUT2D eigenvalue weighted by Gasteiger charge is 2.38. The normalized spacial score (nSPS) is 26.8. The summed E-state index contributed by atoms with van der Waals surface area (Å²) in [5.41, 5.74) is 4.20. The number of hydrogen-bond donors (Lipinski definition) is 2. The lowest BCUT2D eigenvalue weighted by Crippen LogP contribution is -2.45.